The zero-order valence-electron chi connectivity index (χ0n) is 16.9. The van der Waals surface area contributed by atoms with Crippen molar-refractivity contribution in [2.24, 2.45) is 0 Å². The molecule has 2 aromatic carbocycles. The molecule has 1 N–H and O–H groups in total. The Hall–Kier alpha value is -3.41. The molecule has 0 fully saturated rings. The van der Waals surface area contributed by atoms with Crippen LogP contribution in [0.5, 0.6) is 11.5 Å². The fourth-order valence-corrected chi connectivity index (χ4v) is 2.89. The maximum absolute atomic E-state index is 12.3. The normalized spacial score (nSPS) is 12.1. The third-order valence-electron chi connectivity index (χ3n) is 4.30. The molecule has 1 atom stereocenters. The van der Waals surface area contributed by atoms with Gasteiger partial charge in [0.1, 0.15) is 0 Å². The van der Waals surface area contributed by atoms with E-state index in [2.05, 4.69) is 15.3 Å². The summed E-state index contributed by atoms with van der Waals surface area (Å²) in [7, 11) is 0. The van der Waals surface area contributed by atoms with Crippen LogP contribution in [0.4, 0.5) is 0 Å². The first kappa shape index (κ1) is 20.3. The van der Waals surface area contributed by atoms with Gasteiger partial charge in [0.15, 0.2) is 11.5 Å². The standard InChI is InChI=1S/C23H25N3O3/c1-4-28-21-12-10-17(14-22(21)29-5-2)16(3)25-23(27)13-11-18-15-24-19-8-6-7-9-20(19)26-18/h6-16H,4-5H2,1-3H3,(H,25,27)/b13-11+. The molecule has 1 unspecified atom stereocenters. The second-order valence-electron chi connectivity index (χ2n) is 6.42. The lowest BCUT2D eigenvalue weighted by Crippen LogP contribution is -2.24. The van der Waals surface area contributed by atoms with E-state index in [0.717, 1.165) is 16.6 Å². The van der Waals surface area contributed by atoms with Crippen LogP contribution in [-0.2, 0) is 4.79 Å². The predicted molar refractivity (Wildman–Crippen MR) is 114 cm³/mol. The molecule has 6 nitrogen and oxygen atoms in total. The van der Waals surface area contributed by atoms with Gasteiger partial charge in [-0.25, -0.2) is 4.98 Å². The molecule has 0 radical (unpaired) electrons. The summed E-state index contributed by atoms with van der Waals surface area (Å²) in [5.74, 6) is 1.17. The van der Waals surface area contributed by atoms with E-state index in [9.17, 15) is 4.79 Å². The van der Waals surface area contributed by atoms with Crippen LogP contribution in [0.15, 0.2) is 54.7 Å². The Morgan fingerprint density at radius 2 is 1.79 bits per heavy atom. The van der Waals surface area contributed by atoms with Gasteiger partial charge in [-0.15, -0.1) is 0 Å². The lowest BCUT2D eigenvalue weighted by Gasteiger charge is -2.17. The third-order valence-corrected chi connectivity index (χ3v) is 4.30. The molecule has 6 heteroatoms. The van der Waals surface area contributed by atoms with Crippen molar-refractivity contribution in [1.29, 1.82) is 0 Å². The van der Waals surface area contributed by atoms with E-state index < -0.39 is 0 Å². The second kappa shape index (κ2) is 9.68. The Bertz CT molecular complexity index is 1020. The Kier molecular flexibility index (Phi) is 6.79. The fourth-order valence-electron chi connectivity index (χ4n) is 2.89. The van der Waals surface area contributed by atoms with Gasteiger partial charge >= 0.3 is 0 Å². The monoisotopic (exact) mass is 391 g/mol. The molecule has 3 rings (SSSR count). The van der Waals surface area contributed by atoms with Crippen molar-refractivity contribution < 1.29 is 14.3 Å². The van der Waals surface area contributed by atoms with E-state index in [0.29, 0.717) is 30.4 Å². The van der Waals surface area contributed by atoms with Gasteiger partial charge in [0.25, 0.3) is 0 Å². The van der Waals surface area contributed by atoms with Crippen molar-refractivity contribution >= 4 is 23.0 Å². The molecule has 0 aliphatic carbocycles. The number of fused-ring (bicyclic) bond motifs is 1. The molecule has 1 heterocycles. The summed E-state index contributed by atoms with van der Waals surface area (Å²) < 4.78 is 11.2. The van der Waals surface area contributed by atoms with Gasteiger partial charge in [-0.3, -0.25) is 9.78 Å². The molecule has 0 bridgehead atoms. The molecular formula is C23H25N3O3. The van der Waals surface area contributed by atoms with E-state index in [1.54, 1.807) is 12.3 Å². The Morgan fingerprint density at radius 3 is 2.55 bits per heavy atom. The van der Waals surface area contributed by atoms with Gasteiger partial charge in [-0.1, -0.05) is 18.2 Å². The number of amides is 1. The van der Waals surface area contributed by atoms with Crippen molar-refractivity contribution in [3.05, 3.63) is 66.0 Å². The van der Waals surface area contributed by atoms with Crippen molar-refractivity contribution in [3.8, 4) is 11.5 Å². The van der Waals surface area contributed by atoms with Crippen LogP contribution in [0, 0.1) is 0 Å². The quantitative estimate of drug-likeness (QED) is 0.579. The average molecular weight is 391 g/mol. The highest BCUT2D eigenvalue weighted by Crippen LogP contribution is 2.30. The highest BCUT2D eigenvalue weighted by Gasteiger charge is 2.12. The lowest BCUT2D eigenvalue weighted by molar-refractivity contribution is -0.117. The minimum Gasteiger partial charge on any atom is -0.490 e. The molecule has 29 heavy (non-hydrogen) atoms. The smallest absolute Gasteiger partial charge is 0.244 e. The average Bonchev–Trinajstić information content (AvgIpc) is 2.73. The highest BCUT2D eigenvalue weighted by molar-refractivity contribution is 5.92. The van der Waals surface area contributed by atoms with E-state index in [4.69, 9.17) is 9.47 Å². The number of carbonyl (C=O) groups excluding carboxylic acids is 1. The zero-order chi connectivity index (χ0) is 20.6. The van der Waals surface area contributed by atoms with Gasteiger partial charge < -0.3 is 14.8 Å². The lowest BCUT2D eigenvalue weighted by atomic mass is 10.1. The second-order valence-corrected chi connectivity index (χ2v) is 6.42. The van der Waals surface area contributed by atoms with E-state index in [-0.39, 0.29) is 11.9 Å². The predicted octanol–water partition coefficient (Wildman–Crippen LogP) is 4.32. The molecule has 0 spiro atoms. The molecule has 150 valence electrons. The van der Waals surface area contributed by atoms with Crippen molar-refractivity contribution in [2.45, 2.75) is 26.8 Å². The van der Waals surface area contributed by atoms with Crippen LogP contribution in [0.3, 0.4) is 0 Å². The van der Waals surface area contributed by atoms with Gasteiger partial charge in [-0.2, -0.15) is 0 Å². The largest absolute Gasteiger partial charge is 0.490 e. The summed E-state index contributed by atoms with van der Waals surface area (Å²) in [6.07, 6.45) is 4.77. The summed E-state index contributed by atoms with van der Waals surface area (Å²) in [6, 6.07) is 13.1. The van der Waals surface area contributed by atoms with Crippen molar-refractivity contribution in [3.63, 3.8) is 0 Å². The Balaban J connectivity index is 1.67. The van der Waals surface area contributed by atoms with Crippen LogP contribution in [-0.4, -0.2) is 29.1 Å². The third kappa shape index (κ3) is 5.31. The Labute approximate surface area is 170 Å². The van der Waals surface area contributed by atoms with Crippen molar-refractivity contribution in [1.82, 2.24) is 15.3 Å². The van der Waals surface area contributed by atoms with Crippen molar-refractivity contribution in [2.75, 3.05) is 13.2 Å². The van der Waals surface area contributed by atoms with Crippen LogP contribution >= 0.6 is 0 Å². The minimum absolute atomic E-state index is 0.190. The zero-order valence-corrected chi connectivity index (χ0v) is 16.9. The molecule has 1 aromatic heterocycles. The van der Waals surface area contributed by atoms with Gasteiger partial charge in [0.2, 0.25) is 5.91 Å². The van der Waals surface area contributed by atoms with Gasteiger partial charge in [-0.05, 0) is 56.7 Å². The summed E-state index contributed by atoms with van der Waals surface area (Å²) in [6.45, 7) is 6.88. The first-order valence-corrected chi connectivity index (χ1v) is 9.70. The van der Waals surface area contributed by atoms with E-state index in [1.807, 2.05) is 63.2 Å². The van der Waals surface area contributed by atoms with E-state index in [1.165, 1.54) is 6.08 Å². The maximum atomic E-state index is 12.3. The fraction of sp³-hybridized carbons (Fsp3) is 0.261. The molecule has 0 aliphatic heterocycles. The Morgan fingerprint density at radius 1 is 1.07 bits per heavy atom. The van der Waals surface area contributed by atoms with Crippen LogP contribution in [0.25, 0.3) is 17.1 Å². The first-order valence-electron chi connectivity index (χ1n) is 9.70. The van der Waals surface area contributed by atoms with Gasteiger partial charge in [0, 0.05) is 6.08 Å². The summed E-state index contributed by atoms with van der Waals surface area (Å²) >= 11 is 0. The van der Waals surface area contributed by atoms with Crippen LogP contribution < -0.4 is 14.8 Å². The highest BCUT2D eigenvalue weighted by atomic mass is 16.5. The van der Waals surface area contributed by atoms with Crippen LogP contribution in [0.2, 0.25) is 0 Å². The summed E-state index contributed by atoms with van der Waals surface area (Å²) in [4.78, 5) is 21.2. The maximum Gasteiger partial charge on any atom is 0.244 e. The SMILES string of the molecule is CCOc1ccc(C(C)NC(=O)/C=C/c2cnc3ccccc3n2)cc1OCC. The summed E-state index contributed by atoms with van der Waals surface area (Å²) in [5.41, 5.74) is 3.18. The number of nitrogens with one attached hydrogen (secondary N) is 1. The molecule has 3 aromatic rings. The number of para-hydroxylation sites is 2. The molecule has 0 aliphatic rings. The topological polar surface area (TPSA) is 73.3 Å². The molecule has 0 saturated heterocycles. The molecule has 0 saturated carbocycles. The number of carbonyl (C=O) groups is 1. The number of hydrogen-bond donors (Lipinski definition) is 1. The number of benzene rings is 2. The van der Waals surface area contributed by atoms with Crippen LogP contribution in [0.1, 0.15) is 38.1 Å². The minimum atomic E-state index is -0.209. The van der Waals surface area contributed by atoms with E-state index >= 15 is 0 Å². The number of rotatable bonds is 8. The number of nitrogens with zero attached hydrogens (tertiary/aromatic N) is 2. The number of ether oxygens (including phenoxy) is 2. The molecular weight excluding hydrogens is 366 g/mol. The first-order chi connectivity index (χ1) is 14.1. The number of hydrogen-bond acceptors (Lipinski definition) is 5. The van der Waals surface area contributed by atoms with Gasteiger partial charge in [0.05, 0.1) is 42.2 Å². The number of aromatic nitrogens is 2. The summed E-state index contributed by atoms with van der Waals surface area (Å²) in [5, 5.41) is 2.95. The molecule has 1 amide bonds.